The number of nitrogens with one attached hydrogen (secondary N) is 2. The van der Waals surface area contributed by atoms with Crippen LogP contribution in [0.1, 0.15) is 21.5 Å². The summed E-state index contributed by atoms with van der Waals surface area (Å²) in [6.07, 6.45) is 0. The van der Waals surface area contributed by atoms with E-state index < -0.39 is 11.8 Å². The Morgan fingerprint density at radius 2 is 1.80 bits per heavy atom. The Morgan fingerprint density at radius 3 is 2.48 bits per heavy atom. The van der Waals surface area contributed by atoms with E-state index in [1.807, 2.05) is 26.0 Å². The molecule has 132 valence electrons. The Kier molecular flexibility index (Phi) is 6.25. The molecule has 0 saturated carbocycles. The minimum absolute atomic E-state index is 0.213. The molecule has 0 aromatic heterocycles. The summed E-state index contributed by atoms with van der Waals surface area (Å²) in [4.78, 5) is 23.9. The van der Waals surface area contributed by atoms with E-state index in [1.54, 1.807) is 18.2 Å². The third kappa shape index (κ3) is 5.12. The van der Waals surface area contributed by atoms with Crippen molar-refractivity contribution < 1.29 is 19.1 Å². The van der Waals surface area contributed by atoms with Crippen LogP contribution < -0.4 is 20.3 Å². The van der Waals surface area contributed by atoms with Gasteiger partial charge in [0.1, 0.15) is 11.5 Å². The van der Waals surface area contributed by atoms with Crippen molar-refractivity contribution in [3.8, 4) is 11.5 Å². The number of rotatable bonds is 5. The van der Waals surface area contributed by atoms with Crippen molar-refractivity contribution in [1.82, 2.24) is 10.9 Å². The van der Waals surface area contributed by atoms with Gasteiger partial charge in [-0.25, -0.2) is 0 Å². The van der Waals surface area contributed by atoms with Crippen molar-refractivity contribution in [1.29, 1.82) is 0 Å². The predicted octanol–water partition coefficient (Wildman–Crippen LogP) is 2.81. The van der Waals surface area contributed by atoms with Gasteiger partial charge in [0.25, 0.3) is 11.8 Å². The molecule has 0 radical (unpaired) electrons. The van der Waals surface area contributed by atoms with Gasteiger partial charge in [0.15, 0.2) is 6.61 Å². The van der Waals surface area contributed by atoms with Gasteiger partial charge in [-0.2, -0.15) is 0 Å². The summed E-state index contributed by atoms with van der Waals surface area (Å²) >= 11 is 5.88. The molecule has 2 aromatic rings. The lowest BCUT2D eigenvalue weighted by Crippen LogP contribution is -2.43. The van der Waals surface area contributed by atoms with Crippen LogP contribution in [0.5, 0.6) is 11.5 Å². The Balaban J connectivity index is 1.88. The second-order valence-electron chi connectivity index (χ2n) is 5.38. The van der Waals surface area contributed by atoms with Crippen LogP contribution in [0.4, 0.5) is 0 Å². The molecule has 2 amide bonds. The average molecular weight is 363 g/mol. The molecule has 25 heavy (non-hydrogen) atoms. The molecule has 0 bridgehead atoms. The Bertz CT molecular complexity index is 793. The largest absolute Gasteiger partial charge is 0.496 e. The van der Waals surface area contributed by atoms with E-state index in [0.717, 1.165) is 11.1 Å². The molecule has 2 aromatic carbocycles. The highest BCUT2D eigenvalue weighted by molar-refractivity contribution is 6.31. The first-order valence-electron chi connectivity index (χ1n) is 7.53. The van der Waals surface area contributed by atoms with Crippen LogP contribution in [0.15, 0.2) is 36.4 Å². The van der Waals surface area contributed by atoms with E-state index >= 15 is 0 Å². The summed E-state index contributed by atoms with van der Waals surface area (Å²) in [5.41, 5.74) is 7.01. The molecule has 0 aliphatic heterocycles. The smallest absolute Gasteiger partial charge is 0.276 e. The fourth-order valence-electron chi connectivity index (χ4n) is 2.04. The van der Waals surface area contributed by atoms with Crippen molar-refractivity contribution in [3.05, 3.63) is 58.1 Å². The quantitative estimate of drug-likeness (QED) is 0.802. The molecule has 0 atom stereocenters. The monoisotopic (exact) mass is 362 g/mol. The number of benzene rings is 2. The first-order chi connectivity index (χ1) is 11.9. The molecule has 0 saturated heterocycles. The summed E-state index contributed by atoms with van der Waals surface area (Å²) in [5, 5.41) is 0.385. The SMILES string of the molecule is COc1ccc(Cl)cc1C(=O)NNC(=O)COc1ccc(C)c(C)c1. The molecule has 0 aliphatic rings. The van der Waals surface area contributed by atoms with E-state index in [4.69, 9.17) is 21.1 Å². The van der Waals surface area contributed by atoms with Crippen molar-refractivity contribution in [2.24, 2.45) is 0 Å². The fourth-order valence-corrected chi connectivity index (χ4v) is 2.21. The summed E-state index contributed by atoms with van der Waals surface area (Å²) in [5.74, 6) is -0.102. The number of carbonyl (C=O) groups excluding carboxylic acids is 2. The van der Waals surface area contributed by atoms with Crippen LogP contribution in [-0.4, -0.2) is 25.5 Å². The van der Waals surface area contributed by atoms with Crippen LogP contribution in [0.25, 0.3) is 0 Å². The van der Waals surface area contributed by atoms with Gasteiger partial charge in [-0.15, -0.1) is 0 Å². The molecule has 0 fully saturated rings. The second-order valence-corrected chi connectivity index (χ2v) is 5.82. The molecule has 6 nitrogen and oxygen atoms in total. The molecule has 0 spiro atoms. The van der Waals surface area contributed by atoms with Gasteiger partial charge in [-0.3, -0.25) is 20.4 Å². The van der Waals surface area contributed by atoms with E-state index in [1.165, 1.54) is 13.2 Å². The van der Waals surface area contributed by atoms with Crippen LogP contribution in [0.3, 0.4) is 0 Å². The highest BCUT2D eigenvalue weighted by Crippen LogP contribution is 2.22. The number of ether oxygens (including phenoxy) is 2. The summed E-state index contributed by atoms with van der Waals surface area (Å²) in [6.45, 7) is 3.72. The lowest BCUT2D eigenvalue weighted by Gasteiger charge is -2.11. The van der Waals surface area contributed by atoms with Crippen LogP contribution in [0.2, 0.25) is 5.02 Å². The second kappa shape index (κ2) is 8.39. The number of hydrogen-bond acceptors (Lipinski definition) is 4. The van der Waals surface area contributed by atoms with Crippen molar-refractivity contribution in [3.63, 3.8) is 0 Å². The zero-order chi connectivity index (χ0) is 18.4. The lowest BCUT2D eigenvalue weighted by atomic mass is 10.1. The minimum atomic E-state index is -0.543. The summed E-state index contributed by atoms with van der Waals surface area (Å²) in [7, 11) is 1.44. The minimum Gasteiger partial charge on any atom is -0.496 e. The fraction of sp³-hybridized carbons (Fsp3) is 0.222. The average Bonchev–Trinajstić information content (AvgIpc) is 2.60. The summed E-state index contributed by atoms with van der Waals surface area (Å²) < 4.78 is 10.5. The molecule has 0 aliphatic carbocycles. The Morgan fingerprint density at radius 1 is 1.04 bits per heavy atom. The third-order valence-corrected chi connectivity index (χ3v) is 3.81. The zero-order valence-electron chi connectivity index (χ0n) is 14.2. The maximum atomic E-state index is 12.1. The maximum absolute atomic E-state index is 12.1. The Labute approximate surface area is 151 Å². The number of aryl methyl sites for hydroxylation is 2. The topological polar surface area (TPSA) is 76.7 Å². The molecule has 0 unspecified atom stereocenters. The molecule has 2 N–H and O–H groups in total. The van der Waals surface area contributed by atoms with Crippen LogP contribution >= 0.6 is 11.6 Å². The van der Waals surface area contributed by atoms with E-state index in [0.29, 0.717) is 16.5 Å². The van der Waals surface area contributed by atoms with E-state index in [2.05, 4.69) is 10.9 Å². The normalized spacial score (nSPS) is 10.1. The lowest BCUT2D eigenvalue weighted by molar-refractivity contribution is -0.123. The van der Waals surface area contributed by atoms with Gasteiger partial charge in [-0.05, 0) is 55.3 Å². The maximum Gasteiger partial charge on any atom is 0.276 e. The number of hydrazine groups is 1. The van der Waals surface area contributed by atoms with Crippen LogP contribution in [-0.2, 0) is 4.79 Å². The molecular formula is C18H19ClN2O4. The number of amides is 2. The standard InChI is InChI=1S/C18H19ClN2O4/c1-11-4-6-14(8-12(11)2)25-10-17(22)20-21-18(23)15-9-13(19)5-7-16(15)24-3/h4-9H,10H2,1-3H3,(H,20,22)(H,21,23). The summed E-state index contributed by atoms with van der Waals surface area (Å²) in [6, 6.07) is 10.2. The van der Waals surface area contributed by atoms with Gasteiger partial charge in [0, 0.05) is 5.02 Å². The highest BCUT2D eigenvalue weighted by atomic mass is 35.5. The first kappa shape index (κ1) is 18.6. The Hall–Kier alpha value is -2.73. The highest BCUT2D eigenvalue weighted by Gasteiger charge is 2.14. The molecular weight excluding hydrogens is 344 g/mol. The van der Waals surface area contributed by atoms with E-state index in [9.17, 15) is 9.59 Å². The van der Waals surface area contributed by atoms with Gasteiger partial charge in [0.05, 0.1) is 12.7 Å². The predicted molar refractivity (Wildman–Crippen MR) is 95.0 cm³/mol. The molecule has 0 heterocycles. The number of carbonyl (C=O) groups is 2. The van der Waals surface area contributed by atoms with Crippen molar-refractivity contribution in [2.45, 2.75) is 13.8 Å². The molecule has 2 rings (SSSR count). The van der Waals surface area contributed by atoms with E-state index in [-0.39, 0.29) is 12.2 Å². The third-order valence-electron chi connectivity index (χ3n) is 3.57. The van der Waals surface area contributed by atoms with Crippen molar-refractivity contribution >= 4 is 23.4 Å². The number of halogens is 1. The van der Waals surface area contributed by atoms with Gasteiger partial charge >= 0.3 is 0 Å². The zero-order valence-corrected chi connectivity index (χ0v) is 14.9. The molecule has 7 heteroatoms. The van der Waals surface area contributed by atoms with Crippen molar-refractivity contribution in [2.75, 3.05) is 13.7 Å². The van der Waals surface area contributed by atoms with Gasteiger partial charge in [-0.1, -0.05) is 17.7 Å². The first-order valence-corrected chi connectivity index (χ1v) is 7.91. The number of methoxy groups -OCH3 is 1. The van der Waals surface area contributed by atoms with Gasteiger partial charge in [0.2, 0.25) is 0 Å². The van der Waals surface area contributed by atoms with Crippen LogP contribution in [0, 0.1) is 13.8 Å². The number of hydrogen-bond donors (Lipinski definition) is 2. The van der Waals surface area contributed by atoms with Gasteiger partial charge < -0.3 is 9.47 Å².